The van der Waals surface area contributed by atoms with E-state index in [1.807, 2.05) is 0 Å². The van der Waals surface area contributed by atoms with Crippen molar-refractivity contribution in [3.8, 4) is 0 Å². The molecule has 0 fully saturated rings. The van der Waals surface area contributed by atoms with E-state index in [0.29, 0.717) is 10.6 Å². The molecule has 9 heteroatoms. The summed E-state index contributed by atoms with van der Waals surface area (Å²) in [7, 11) is -6.80. The molecule has 0 spiro atoms. The lowest BCUT2D eigenvalue weighted by Gasteiger charge is -2.20. The van der Waals surface area contributed by atoms with Crippen molar-refractivity contribution in [3.05, 3.63) is 34.9 Å². The highest BCUT2D eigenvalue weighted by Gasteiger charge is 2.18. The topological polar surface area (TPSA) is 83.6 Å². The van der Waals surface area contributed by atoms with Crippen LogP contribution >= 0.6 is 11.6 Å². The zero-order chi connectivity index (χ0) is 15.4. The van der Waals surface area contributed by atoms with Gasteiger partial charge < -0.3 is 0 Å². The molecule has 6 nitrogen and oxygen atoms in total. The third-order valence-corrected chi connectivity index (χ3v) is 4.85. The first-order chi connectivity index (χ1) is 9.09. The number of nitrogens with zero attached hydrogens (tertiary/aromatic N) is 1. The molecular formula is C11H17ClN2O4S2. The Kier molecular flexibility index (Phi) is 5.96. The van der Waals surface area contributed by atoms with Crippen LogP contribution in [0.15, 0.2) is 24.3 Å². The maximum Gasteiger partial charge on any atom is 0.211 e. The van der Waals surface area contributed by atoms with Crippen LogP contribution in [0.3, 0.4) is 0 Å². The van der Waals surface area contributed by atoms with Crippen LogP contribution < -0.4 is 4.72 Å². The van der Waals surface area contributed by atoms with Gasteiger partial charge in [-0.05, 0) is 11.6 Å². The number of halogens is 1. The molecule has 1 aromatic carbocycles. The van der Waals surface area contributed by atoms with Crippen molar-refractivity contribution >= 4 is 31.6 Å². The Morgan fingerprint density at radius 2 is 1.75 bits per heavy atom. The largest absolute Gasteiger partial charge is 0.214 e. The van der Waals surface area contributed by atoms with Gasteiger partial charge in [0.25, 0.3) is 0 Å². The molecule has 0 aromatic heterocycles. The second-order valence-corrected chi connectivity index (χ2v) is 8.58. The average molecular weight is 341 g/mol. The van der Waals surface area contributed by atoms with E-state index in [-0.39, 0.29) is 19.6 Å². The number of rotatable bonds is 7. The van der Waals surface area contributed by atoms with E-state index < -0.39 is 20.0 Å². The minimum absolute atomic E-state index is 0.0103. The fourth-order valence-electron chi connectivity index (χ4n) is 1.53. The van der Waals surface area contributed by atoms with Crippen LogP contribution in [-0.4, -0.2) is 46.7 Å². The van der Waals surface area contributed by atoms with Crippen LogP contribution in [0.2, 0.25) is 5.02 Å². The number of hydrogen-bond acceptors (Lipinski definition) is 4. The molecule has 0 aliphatic heterocycles. The summed E-state index contributed by atoms with van der Waals surface area (Å²) in [5.41, 5.74) is 0.666. The summed E-state index contributed by atoms with van der Waals surface area (Å²) in [4.78, 5) is 0. The Bertz CT molecular complexity index is 659. The molecular weight excluding hydrogens is 324 g/mol. The van der Waals surface area contributed by atoms with E-state index in [9.17, 15) is 16.8 Å². The van der Waals surface area contributed by atoms with E-state index in [4.69, 9.17) is 11.6 Å². The molecule has 0 aliphatic carbocycles. The summed E-state index contributed by atoms with van der Waals surface area (Å²) >= 11 is 5.99. The van der Waals surface area contributed by atoms with Gasteiger partial charge in [-0.25, -0.2) is 21.6 Å². The van der Waals surface area contributed by atoms with Crippen molar-refractivity contribution in [3.63, 3.8) is 0 Å². The maximum atomic E-state index is 11.7. The predicted molar refractivity (Wildman–Crippen MR) is 79.6 cm³/mol. The fourth-order valence-corrected chi connectivity index (χ4v) is 2.99. The van der Waals surface area contributed by atoms with Gasteiger partial charge in [0.15, 0.2) is 0 Å². The molecule has 114 valence electrons. The van der Waals surface area contributed by atoms with Gasteiger partial charge in [-0.15, -0.1) is 0 Å². The molecule has 0 heterocycles. The van der Waals surface area contributed by atoms with E-state index in [1.54, 1.807) is 24.3 Å². The monoisotopic (exact) mass is 340 g/mol. The van der Waals surface area contributed by atoms with Crippen molar-refractivity contribution in [2.75, 3.05) is 25.6 Å². The van der Waals surface area contributed by atoms with Crippen LogP contribution in [0.5, 0.6) is 0 Å². The normalized spacial score (nSPS) is 12.8. The van der Waals surface area contributed by atoms with Crippen molar-refractivity contribution < 1.29 is 16.8 Å². The molecule has 1 rings (SSSR count). The first-order valence-corrected chi connectivity index (χ1v) is 9.84. The molecule has 0 aliphatic rings. The SMILES string of the molecule is CS(=O)(=O)NCCN(Cc1ccccc1Cl)S(C)(=O)=O. The number of nitrogens with one attached hydrogen (secondary N) is 1. The van der Waals surface area contributed by atoms with Crippen LogP contribution in [-0.2, 0) is 26.6 Å². The fraction of sp³-hybridized carbons (Fsp3) is 0.455. The molecule has 1 N–H and O–H groups in total. The summed E-state index contributed by atoms with van der Waals surface area (Å²) in [6.07, 6.45) is 2.09. The van der Waals surface area contributed by atoms with Gasteiger partial charge in [0, 0.05) is 24.7 Å². The Morgan fingerprint density at radius 3 is 2.25 bits per heavy atom. The highest BCUT2D eigenvalue weighted by Crippen LogP contribution is 2.18. The van der Waals surface area contributed by atoms with E-state index in [0.717, 1.165) is 12.5 Å². The summed E-state index contributed by atoms with van der Waals surface area (Å²) in [6.45, 7) is 0.150. The average Bonchev–Trinajstić information content (AvgIpc) is 2.27. The lowest BCUT2D eigenvalue weighted by molar-refractivity contribution is 0.412. The van der Waals surface area contributed by atoms with Crippen LogP contribution in [0.1, 0.15) is 5.56 Å². The van der Waals surface area contributed by atoms with Gasteiger partial charge in [0.1, 0.15) is 0 Å². The third-order valence-electron chi connectivity index (χ3n) is 2.50. The Balaban J connectivity index is 2.79. The highest BCUT2D eigenvalue weighted by atomic mass is 35.5. The second kappa shape index (κ2) is 6.86. The molecule has 0 unspecified atom stereocenters. The molecule has 1 aromatic rings. The van der Waals surface area contributed by atoms with E-state index >= 15 is 0 Å². The van der Waals surface area contributed by atoms with Gasteiger partial charge in [-0.2, -0.15) is 4.31 Å². The van der Waals surface area contributed by atoms with Crippen molar-refractivity contribution in [2.24, 2.45) is 0 Å². The quantitative estimate of drug-likeness (QED) is 0.790. The highest BCUT2D eigenvalue weighted by molar-refractivity contribution is 7.88. The van der Waals surface area contributed by atoms with Crippen molar-refractivity contribution in [1.29, 1.82) is 0 Å². The summed E-state index contributed by atoms with van der Waals surface area (Å²) in [6, 6.07) is 6.91. The molecule has 0 radical (unpaired) electrons. The van der Waals surface area contributed by atoms with E-state index in [1.165, 1.54) is 4.31 Å². The van der Waals surface area contributed by atoms with Gasteiger partial charge >= 0.3 is 0 Å². The van der Waals surface area contributed by atoms with E-state index in [2.05, 4.69) is 4.72 Å². The van der Waals surface area contributed by atoms with Gasteiger partial charge in [0.05, 0.1) is 12.5 Å². The second-order valence-electron chi connectivity index (χ2n) is 4.35. The minimum Gasteiger partial charge on any atom is -0.214 e. The van der Waals surface area contributed by atoms with Gasteiger partial charge in [-0.1, -0.05) is 29.8 Å². The van der Waals surface area contributed by atoms with Crippen LogP contribution in [0.25, 0.3) is 0 Å². The Labute approximate surface area is 124 Å². The molecule has 0 amide bonds. The first kappa shape index (κ1) is 17.4. The lowest BCUT2D eigenvalue weighted by atomic mass is 10.2. The maximum absolute atomic E-state index is 11.7. The van der Waals surface area contributed by atoms with Gasteiger partial charge in [0.2, 0.25) is 20.0 Å². The molecule has 20 heavy (non-hydrogen) atoms. The lowest BCUT2D eigenvalue weighted by Crippen LogP contribution is -2.37. The Morgan fingerprint density at radius 1 is 1.15 bits per heavy atom. The van der Waals surface area contributed by atoms with Gasteiger partial charge in [-0.3, -0.25) is 0 Å². The smallest absolute Gasteiger partial charge is 0.211 e. The number of sulfonamides is 2. The van der Waals surface area contributed by atoms with Crippen LogP contribution in [0, 0.1) is 0 Å². The molecule has 0 atom stereocenters. The zero-order valence-electron chi connectivity index (χ0n) is 11.2. The van der Waals surface area contributed by atoms with Crippen molar-refractivity contribution in [2.45, 2.75) is 6.54 Å². The molecule has 0 bridgehead atoms. The summed E-state index contributed by atoms with van der Waals surface area (Å²) in [5, 5.41) is 0.470. The minimum atomic E-state index is -3.46. The molecule has 0 saturated carbocycles. The summed E-state index contributed by atoms with van der Waals surface area (Å²) in [5.74, 6) is 0. The molecule has 0 saturated heterocycles. The van der Waals surface area contributed by atoms with Crippen LogP contribution in [0.4, 0.5) is 0 Å². The first-order valence-electron chi connectivity index (χ1n) is 5.73. The van der Waals surface area contributed by atoms with Crippen molar-refractivity contribution in [1.82, 2.24) is 9.03 Å². The number of hydrogen-bond donors (Lipinski definition) is 1. The Hall–Kier alpha value is -0.670. The zero-order valence-corrected chi connectivity index (χ0v) is 13.6. The standard InChI is InChI=1S/C11H17ClN2O4S2/c1-19(15,16)13-7-8-14(20(2,17)18)9-10-5-3-4-6-11(10)12/h3-6,13H,7-9H2,1-2H3. The summed E-state index contributed by atoms with van der Waals surface area (Å²) < 4.78 is 48.8. The third kappa shape index (κ3) is 6.19. The predicted octanol–water partition coefficient (Wildman–Crippen LogP) is 0.651. The number of benzene rings is 1.